The quantitative estimate of drug-likeness (QED) is 0.349. The van der Waals surface area contributed by atoms with Gasteiger partial charge in [0.25, 0.3) is 0 Å². The minimum atomic E-state index is -0.538. The van der Waals surface area contributed by atoms with Crippen LogP contribution in [-0.2, 0) is 9.59 Å². The third-order valence-corrected chi connectivity index (χ3v) is 3.74. The first-order valence-electron chi connectivity index (χ1n) is 11.3. The molecule has 0 bridgehead atoms. The second-order valence-electron chi connectivity index (χ2n) is 9.36. The zero-order valence-corrected chi connectivity index (χ0v) is 22.7. The molecule has 0 aromatic heterocycles. The van der Waals surface area contributed by atoms with Crippen molar-refractivity contribution < 1.29 is 14.7 Å². The van der Waals surface area contributed by atoms with Crippen molar-refractivity contribution in [2.45, 2.75) is 93.3 Å². The van der Waals surface area contributed by atoms with Gasteiger partial charge in [0, 0.05) is 11.1 Å². The van der Waals surface area contributed by atoms with Gasteiger partial charge in [-0.15, -0.1) is 0 Å². The molecule has 1 aromatic carbocycles. The van der Waals surface area contributed by atoms with E-state index in [0.717, 1.165) is 16.7 Å². The van der Waals surface area contributed by atoms with Crippen molar-refractivity contribution in [2.75, 3.05) is 0 Å². The Morgan fingerprint density at radius 1 is 0.879 bits per heavy atom. The Bertz CT molecular complexity index is 699. The van der Waals surface area contributed by atoms with E-state index in [-0.39, 0.29) is 11.1 Å². The van der Waals surface area contributed by atoms with E-state index in [4.69, 9.17) is 0 Å². The molecule has 0 fully saturated rings. The molecule has 0 saturated carbocycles. The van der Waals surface area contributed by atoms with E-state index in [0.29, 0.717) is 12.8 Å². The van der Waals surface area contributed by atoms with E-state index in [2.05, 4.69) is 17.2 Å². The van der Waals surface area contributed by atoms with Crippen LogP contribution in [0.4, 0.5) is 0 Å². The normalized spacial score (nSPS) is 12.2. The van der Waals surface area contributed by atoms with Gasteiger partial charge in [0.15, 0.2) is 0 Å². The zero-order valence-electron chi connectivity index (χ0n) is 22.7. The van der Waals surface area contributed by atoms with Gasteiger partial charge in [0.05, 0.1) is 0 Å². The Hall–Kier alpha value is -2.66. The van der Waals surface area contributed by atoms with Crippen molar-refractivity contribution >= 4 is 12.8 Å². The summed E-state index contributed by atoms with van der Waals surface area (Å²) in [5.74, 6) is 0. The number of amides is 2. The monoisotopic (exact) mass is 460 g/mol. The molecular formula is C28H48N2O3. The number of nitrogens with one attached hydrogen (secondary N) is 2. The van der Waals surface area contributed by atoms with E-state index < -0.39 is 6.10 Å². The number of carbonyl (C=O) groups excluding carboxylic acids is 2. The third-order valence-electron chi connectivity index (χ3n) is 3.74. The van der Waals surface area contributed by atoms with Crippen molar-refractivity contribution in [1.82, 2.24) is 10.6 Å². The lowest BCUT2D eigenvalue weighted by Crippen LogP contribution is -2.34. The molecule has 3 N–H and O–H groups in total. The van der Waals surface area contributed by atoms with Crippen LogP contribution >= 0.6 is 0 Å². The fourth-order valence-corrected chi connectivity index (χ4v) is 1.79. The summed E-state index contributed by atoms with van der Waals surface area (Å²) in [6, 6.07) is 7.94. The van der Waals surface area contributed by atoms with Gasteiger partial charge in [0.2, 0.25) is 12.8 Å². The Kier molecular flexibility index (Phi) is 20.0. The van der Waals surface area contributed by atoms with Gasteiger partial charge < -0.3 is 15.7 Å². The van der Waals surface area contributed by atoms with Gasteiger partial charge >= 0.3 is 0 Å². The van der Waals surface area contributed by atoms with Crippen LogP contribution < -0.4 is 10.6 Å². The van der Waals surface area contributed by atoms with Crippen molar-refractivity contribution in [3.8, 4) is 0 Å². The molecule has 0 saturated heterocycles. The summed E-state index contributed by atoms with van der Waals surface area (Å²) in [5, 5.41) is 15.4. The molecule has 0 aliphatic rings. The molecule has 2 amide bonds. The predicted molar refractivity (Wildman–Crippen MR) is 143 cm³/mol. The van der Waals surface area contributed by atoms with Gasteiger partial charge in [-0.1, -0.05) is 74.1 Å². The molecule has 0 aliphatic carbocycles. The summed E-state index contributed by atoms with van der Waals surface area (Å²) in [6.07, 6.45) is 6.56. The van der Waals surface area contributed by atoms with E-state index in [1.807, 2.05) is 113 Å². The van der Waals surface area contributed by atoms with Gasteiger partial charge in [-0.25, -0.2) is 0 Å². The second-order valence-corrected chi connectivity index (χ2v) is 9.36. The summed E-state index contributed by atoms with van der Waals surface area (Å²) in [4.78, 5) is 19.4. The highest BCUT2D eigenvalue weighted by Gasteiger charge is 2.08. The second kappa shape index (κ2) is 18.9. The van der Waals surface area contributed by atoms with E-state index >= 15 is 0 Å². The molecule has 5 nitrogen and oxygen atoms in total. The van der Waals surface area contributed by atoms with Crippen molar-refractivity contribution in [1.29, 1.82) is 0 Å². The number of hydrogen-bond donors (Lipinski definition) is 3. The van der Waals surface area contributed by atoms with Crippen LogP contribution in [0, 0.1) is 6.92 Å². The maximum atomic E-state index is 10.1. The molecular weight excluding hydrogens is 412 g/mol. The number of rotatable bonds is 6. The number of aliphatic hydroxyl groups is 1. The number of allylic oxidation sites excluding steroid dienone is 4. The van der Waals surface area contributed by atoms with Crippen LogP contribution in [-0.4, -0.2) is 29.0 Å². The molecule has 5 heteroatoms. The molecule has 0 aliphatic heterocycles. The standard InChI is InChI=1S/C16H20O.2C5H11NO.C2H6/c1-5-12(2)6-9-14(4)16(17)15-10-7-13(3)8-11-15;2*1-5(2,3)6-4-7;1-2/h5-11,16-17H,1H2,2-4H3;2*4H,1-3H3,(H,6,7);1-2H3/b12-6-,14-9+;;;. The first-order valence-corrected chi connectivity index (χ1v) is 11.3. The van der Waals surface area contributed by atoms with Crippen molar-refractivity contribution in [3.05, 3.63) is 71.3 Å². The Balaban J connectivity index is -0.000000467. The Morgan fingerprint density at radius 2 is 1.27 bits per heavy atom. The lowest BCUT2D eigenvalue weighted by molar-refractivity contribution is -0.111. The van der Waals surface area contributed by atoms with Crippen LogP contribution in [0.15, 0.2) is 60.2 Å². The van der Waals surface area contributed by atoms with E-state index in [1.54, 1.807) is 6.08 Å². The molecule has 188 valence electrons. The third kappa shape index (κ3) is 23.8. The number of benzene rings is 1. The van der Waals surface area contributed by atoms with Crippen molar-refractivity contribution in [2.24, 2.45) is 0 Å². The average molecular weight is 461 g/mol. The van der Waals surface area contributed by atoms with E-state index in [9.17, 15) is 14.7 Å². The van der Waals surface area contributed by atoms with Crippen LogP contribution in [0.2, 0.25) is 0 Å². The Morgan fingerprint density at radius 3 is 1.55 bits per heavy atom. The van der Waals surface area contributed by atoms with Crippen molar-refractivity contribution in [3.63, 3.8) is 0 Å². The van der Waals surface area contributed by atoms with Crippen LogP contribution in [0.25, 0.3) is 0 Å². The largest absolute Gasteiger partial charge is 0.384 e. The molecule has 1 atom stereocenters. The molecule has 0 spiro atoms. The minimum absolute atomic E-state index is 0.0677. The smallest absolute Gasteiger partial charge is 0.207 e. The molecule has 33 heavy (non-hydrogen) atoms. The predicted octanol–water partition coefficient (Wildman–Crippen LogP) is 6.20. The minimum Gasteiger partial charge on any atom is -0.384 e. The summed E-state index contributed by atoms with van der Waals surface area (Å²) in [6.45, 7) is 25.2. The number of aryl methyl sites for hydroxylation is 1. The maximum Gasteiger partial charge on any atom is 0.207 e. The first-order chi connectivity index (χ1) is 15.2. The fraction of sp³-hybridized carbons (Fsp3) is 0.500. The molecule has 1 rings (SSSR count). The van der Waals surface area contributed by atoms with Crippen LogP contribution in [0.3, 0.4) is 0 Å². The lowest BCUT2D eigenvalue weighted by Gasteiger charge is -2.15. The Labute approximate surface area is 203 Å². The number of hydrogen-bond acceptors (Lipinski definition) is 3. The van der Waals surface area contributed by atoms with Gasteiger partial charge in [0.1, 0.15) is 6.10 Å². The number of carbonyl (C=O) groups is 2. The number of aliphatic hydroxyl groups excluding tert-OH is 1. The molecule has 1 aromatic rings. The van der Waals surface area contributed by atoms with Gasteiger partial charge in [-0.3, -0.25) is 9.59 Å². The first kappa shape index (κ1) is 34.9. The maximum absolute atomic E-state index is 10.1. The topological polar surface area (TPSA) is 78.4 Å². The van der Waals surface area contributed by atoms with Gasteiger partial charge in [-0.05, 0) is 73.5 Å². The highest BCUT2D eigenvalue weighted by Crippen LogP contribution is 2.21. The average Bonchev–Trinajstić information content (AvgIpc) is 2.72. The SMILES string of the molecule is C=C/C(C)=C\C=C(/C)C(O)c1ccc(C)cc1.CC.CC(C)(C)NC=O.CC(C)(C)NC=O. The highest BCUT2D eigenvalue weighted by atomic mass is 16.3. The summed E-state index contributed by atoms with van der Waals surface area (Å²) < 4.78 is 0. The summed E-state index contributed by atoms with van der Waals surface area (Å²) >= 11 is 0. The summed E-state index contributed by atoms with van der Waals surface area (Å²) in [7, 11) is 0. The molecule has 0 radical (unpaired) electrons. The van der Waals surface area contributed by atoms with Crippen LogP contribution in [0.1, 0.15) is 86.5 Å². The highest BCUT2D eigenvalue weighted by molar-refractivity contribution is 5.47. The molecule has 1 unspecified atom stereocenters. The zero-order chi connectivity index (χ0) is 26.7. The van der Waals surface area contributed by atoms with E-state index in [1.165, 1.54) is 5.56 Å². The van der Waals surface area contributed by atoms with Gasteiger partial charge in [-0.2, -0.15) is 0 Å². The fourth-order valence-electron chi connectivity index (χ4n) is 1.79. The molecule has 0 heterocycles. The summed E-state index contributed by atoms with van der Waals surface area (Å²) in [5.41, 5.74) is 4.00. The van der Waals surface area contributed by atoms with Crippen LogP contribution in [0.5, 0.6) is 0 Å². The lowest BCUT2D eigenvalue weighted by atomic mass is 10.0.